The summed E-state index contributed by atoms with van der Waals surface area (Å²) in [5.74, 6) is -3.76. The van der Waals surface area contributed by atoms with E-state index in [9.17, 15) is 35.1 Å². The van der Waals surface area contributed by atoms with Gasteiger partial charge >= 0.3 is 24.9 Å². The van der Waals surface area contributed by atoms with Crippen molar-refractivity contribution in [3.63, 3.8) is 0 Å². The second-order valence-corrected chi connectivity index (χ2v) is 16.7. The number of hydrogen-bond donors (Lipinski definition) is 2. The van der Waals surface area contributed by atoms with Crippen LogP contribution < -0.4 is 20.4 Å². The molecule has 2 aromatic carbocycles. The number of rotatable bonds is 12. The van der Waals surface area contributed by atoms with E-state index in [2.05, 4.69) is 71.4 Å². The van der Waals surface area contributed by atoms with E-state index < -0.39 is 47.9 Å². The second-order valence-electron chi connectivity index (χ2n) is 16.7. The minimum absolute atomic E-state index is 0.0814. The highest BCUT2D eigenvalue weighted by atomic mass is 19.3. The van der Waals surface area contributed by atoms with Crippen molar-refractivity contribution in [2.45, 2.75) is 62.5 Å². The van der Waals surface area contributed by atoms with Crippen LogP contribution in [0.1, 0.15) is 70.5 Å². The van der Waals surface area contributed by atoms with Gasteiger partial charge in [-0.15, -0.1) is 30.6 Å². The lowest BCUT2D eigenvalue weighted by Crippen LogP contribution is -2.45. The van der Waals surface area contributed by atoms with Crippen molar-refractivity contribution < 1.29 is 52.8 Å². The molecule has 360 valence electrons. The number of halogens is 8. The molecular weight excluding hydrogens is 945 g/mol. The Morgan fingerprint density at radius 3 is 1.11 bits per heavy atom. The largest absolute Gasteiger partial charge is 0.419 e. The van der Waals surface area contributed by atoms with Crippen LogP contribution in [-0.4, -0.2) is 99.0 Å². The molecule has 2 aliphatic carbocycles. The van der Waals surface area contributed by atoms with Crippen LogP contribution in [0.3, 0.4) is 0 Å². The molecule has 8 heterocycles. The first-order valence-corrected chi connectivity index (χ1v) is 21.4. The average Bonchev–Trinajstić information content (AvgIpc) is 4.18. The second kappa shape index (κ2) is 18.0. The van der Waals surface area contributed by atoms with E-state index in [1.807, 2.05) is 0 Å². The normalized spacial score (nSPS) is 16.1. The van der Waals surface area contributed by atoms with Gasteiger partial charge in [0.2, 0.25) is 23.7 Å². The van der Waals surface area contributed by atoms with Crippen LogP contribution in [0, 0.1) is 23.3 Å². The molecule has 0 saturated carbocycles. The Kier molecular flexibility index (Phi) is 11.4. The van der Waals surface area contributed by atoms with Gasteiger partial charge in [0.05, 0.1) is 23.0 Å². The van der Waals surface area contributed by atoms with Crippen LogP contribution in [0.2, 0.25) is 0 Å². The molecule has 12 rings (SSSR count). The van der Waals surface area contributed by atoms with Crippen LogP contribution in [0.25, 0.3) is 22.9 Å². The molecule has 0 spiro atoms. The standard InChI is InChI=1S/2C21H16F4N8O2/c2*22-14-3-9-1-13(2-10(9)4-15(14)23)28-20-26-5-11(6-27-20)17-30-32-21(35-17)33-7-12(8-33)18-29-31-19(34-18)16(24)25/h2*3-6,12-13,16H,1-2,7-8H2,(H,26,27,28). The summed E-state index contributed by atoms with van der Waals surface area (Å²) in [5, 5.41) is 36.4. The fourth-order valence-electron chi connectivity index (χ4n) is 8.32. The molecule has 0 atom stereocenters. The number of aromatic nitrogens is 12. The highest BCUT2D eigenvalue weighted by molar-refractivity contribution is 5.54. The number of anilines is 4. The van der Waals surface area contributed by atoms with E-state index in [1.54, 1.807) is 9.80 Å². The predicted octanol–water partition coefficient (Wildman–Crippen LogP) is 6.62. The van der Waals surface area contributed by atoms with Gasteiger partial charge < -0.3 is 38.1 Å². The zero-order valence-electron chi connectivity index (χ0n) is 35.7. The molecule has 28 heteroatoms. The maximum absolute atomic E-state index is 13.5. The number of fused-ring (bicyclic) bond motifs is 2. The van der Waals surface area contributed by atoms with E-state index in [1.165, 1.54) is 49.1 Å². The lowest BCUT2D eigenvalue weighted by molar-refractivity contribution is 0.112. The molecule has 0 bridgehead atoms. The van der Waals surface area contributed by atoms with Crippen molar-refractivity contribution >= 4 is 23.9 Å². The minimum Gasteiger partial charge on any atom is -0.419 e. The fourth-order valence-corrected chi connectivity index (χ4v) is 8.32. The number of alkyl halides is 4. The molecule has 6 aromatic heterocycles. The molecule has 2 aliphatic heterocycles. The molecule has 0 radical (unpaired) electrons. The molecule has 2 N–H and O–H groups in total. The van der Waals surface area contributed by atoms with Gasteiger partial charge in [0, 0.05) is 63.1 Å². The SMILES string of the molecule is Fc1cc2c(cc1F)CC(Nc1ncc(-c3nnc(N4CC(c5nnc(C(F)F)o5)C4)o3)cn1)C2.Fc1cc2c(cc1F)CC(Nc1ncc(-c3nnc(N4CC(c5nnc(C(F)F)o5)C4)o3)cn1)C2. The fraction of sp³-hybridized carbons (Fsp3) is 0.333. The van der Waals surface area contributed by atoms with Crippen molar-refractivity contribution in [2.24, 2.45) is 0 Å². The number of hydrogen-bond acceptors (Lipinski definition) is 20. The Balaban J connectivity index is 0.000000152. The quantitative estimate of drug-likeness (QED) is 0.122. The molecule has 70 heavy (non-hydrogen) atoms. The minimum atomic E-state index is -2.81. The summed E-state index contributed by atoms with van der Waals surface area (Å²) in [6.45, 7) is 1.62. The van der Waals surface area contributed by atoms with Crippen molar-refractivity contribution in [2.75, 3.05) is 46.6 Å². The van der Waals surface area contributed by atoms with Gasteiger partial charge in [-0.3, -0.25) is 0 Å². The summed E-state index contributed by atoms with van der Waals surface area (Å²) < 4.78 is 126. The maximum atomic E-state index is 13.5. The summed E-state index contributed by atoms with van der Waals surface area (Å²) in [4.78, 5) is 20.6. The van der Waals surface area contributed by atoms with Gasteiger partial charge in [-0.1, -0.05) is 10.2 Å². The summed E-state index contributed by atoms with van der Waals surface area (Å²) >= 11 is 0. The highest BCUT2D eigenvalue weighted by Crippen LogP contribution is 2.35. The molecular formula is C42H32F8N16O4. The van der Waals surface area contributed by atoms with E-state index in [0.717, 1.165) is 22.3 Å². The lowest BCUT2D eigenvalue weighted by atomic mass is 10.0. The van der Waals surface area contributed by atoms with E-state index in [4.69, 9.17) is 17.7 Å². The van der Waals surface area contributed by atoms with Gasteiger partial charge in [-0.25, -0.2) is 37.5 Å². The van der Waals surface area contributed by atoms with Crippen molar-refractivity contribution in [1.82, 2.24) is 60.7 Å². The molecule has 2 fully saturated rings. The van der Waals surface area contributed by atoms with E-state index >= 15 is 0 Å². The molecule has 2 saturated heterocycles. The van der Waals surface area contributed by atoms with Crippen LogP contribution in [0.5, 0.6) is 0 Å². The Morgan fingerprint density at radius 1 is 0.457 bits per heavy atom. The molecule has 0 unspecified atom stereocenters. The summed E-state index contributed by atoms with van der Waals surface area (Å²) in [6, 6.07) is 5.27. The predicted molar refractivity (Wildman–Crippen MR) is 221 cm³/mol. The zero-order valence-corrected chi connectivity index (χ0v) is 35.7. The Hall–Kier alpha value is -8.20. The van der Waals surface area contributed by atoms with Gasteiger partial charge in [0.25, 0.3) is 23.6 Å². The van der Waals surface area contributed by atoms with Crippen LogP contribution in [0.4, 0.5) is 59.0 Å². The molecule has 8 aromatic rings. The third kappa shape index (κ3) is 8.97. The summed E-state index contributed by atoms with van der Waals surface area (Å²) in [7, 11) is 0. The van der Waals surface area contributed by atoms with Crippen LogP contribution in [0.15, 0.2) is 66.7 Å². The van der Waals surface area contributed by atoms with Crippen LogP contribution in [-0.2, 0) is 25.7 Å². The maximum Gasteiger partial charge on any atom is 0.318 e. The van der Waals surface area contributed by atoms with Crippen LogP contribution >= 0.6 is 0 Å². The molecule has 4 aliphatic rings. The van der Waals surface area contributed by atoms with Crippen molar-refractivity contribution in [3.05, 3.63) is 118 Å². The average molecular weight is 977 g/mol. The van der Waals surface area contributed by atoms with Gasteiger partial charge in [-0.05, 0) is 72.2 Å². The van der Waals surface area contributed by atoms with E-state index in [-0.39, 0.29) is 59.5 Å². The number of nitrogens with zero attached hydrogens (tertiary/aromatic N) is 14. The molecule has 0 amide bonds. The third-order valence-electron chi connectivity index (χ3n) is 11.9. The van der Waals surface area contributed by atoms with E-state index in [0.29, 0.717) is 74.9 Å². The first-order chi connectivity index (χ1) is 33.8. The summed E-state index contributed by atoms with van der Waals surface area (Å²) in [5.41, 5.74) is 4.06. The first-order valence-electron chi connectivity index (χ1n) is 21.4. The highest BCUT2D eigenvalue weighted by Gasteiger charge is 2.38. The Morgan fingerprint density at radius 2 is 0.800 bits per heavy atom. The molecule has 20 nitrogen and oxygen atoms in total. The Bertz CT molecular complexity index is 2890. The third-order valence-corrected chi connectivity index (χ3v) is 11.9. The van der Waals surface area contributed by atoms with Crippen molar-refractivity contribution in [1.29, 1.82) is 0 Å². The van der Waals surface area contributed by atoms with Gasteiger partial charge in [0.1, 0.15) is 0 Å². The number of benzene rings is 2. The van der Waals surface area contributed by atoms with Crippen molar-refractivity contribution in [3.8, 4) is 22.9 Å². The van der Waals surface area contributed by atoms with Gasteiger partial charge in [-0.2, -0.15) is 17.6 Å². The Labute approximate surface area is 387 Å². The monoisotopic (exact) mass is 976 g/mol. The zero-order chi connectivity index (χ0) is 48.2. The smallest absolute Gasteiger partial charge is 0.318 e. The van der Waals surface area contributed by atoms with Gasteiger partial charge in [0.15, 0.2) is 23.3 Å². The lowest BCUT2D eigenvalue weighted by Gasteiger charge is -2.35. The first kappa shape index (κ1) is 44.3. The number of nitrogens with one attached hydrogen (secondary N) is 2. The summed E-state index contributed by atoms with van der Waals surface area (Å²) in [6.07, 6.45) is 2.63. The topological polar surface area (TPSA) is 238 Å².